The lowest BCUT2D eigenvalue weighted by molar-refractivity contribution is -0.274. The molecule has 1 aromatic carbocycles. The smallest absolute Gasteiger partial charge is 0.480 e. The molecular weight excluding hydrogens is 319 g/mol. The van der Waals surface area contributed by atoms with Gasteiger partial charge >= 0.3 is 12.3 Å². The highest BCUT2D eigenvalue weighted by molar-refractivity contribution is 5.76. The van der Waals surface area contributed by atoms with Crippen LogP contribution in [0.3, 0.4) is 0 Å². The van der Waals surface area contributed by atoms with Crippen molar-refractivity contribution in [2.45, 2.75) is 19.2 Å². The van der Waals surface area contributed by atoms with E-state index >= 15 is 0 Å². The van der Waals surface area contributed by atoms with Crippen LogP contribution in [-0.2, 0) is 20.7 Å². The second-order valence-electron chi connectivity index (χ2n) is 4.45. The molecule has 0 spiro atoms. The third-order valence-corrected chi connectivity index (χ3v) is 2.61. The zero-order chi connectivity index (χ0) is 17.3. The van der Waals surface area contributed by atoms with E-state index in [4.69, 9.17) is 9.84 Å². The highest BCUT2D eigenvalue weighted by Crippen LogP contribution is 2.26. The van der Waals surface area contributed by atoms with Gasteiger partial charge in [0.2, 0.25) is 5.91 Å². The van der Waals surface area contributed by atoms with E-state index in [1.54, 1.807) is 6.07 Å². The third-order valence-electron chi connectivity index (χ3n) is 2.61. The number of rotatable bonds is 9. The second kappa shape index (κ2) is 8.99. The first-order chi connectivity index (χ1) is 10.8. The molecule has 2 N–H and O–H groups in total. The molecule has 6 nitrogen and oxygen atoms in total. The fraction of sp³-hybridized carbons (Fsp3) is 0.429. The fourth-order valence-electron chi connectivity index (χ4n) is 1.69. The second-order valence-corrected chi connectivity index (χ2v) is 4.45. The van der Waals surface area contributed by atoms with Crippen molar-refractivity contribution in [3.05, 3.63) is 29.8 Å². The molecule has 23 heavy (non-hydrogen) atoms. The Hall–Kier alpha value is -2.29. The lowest BCUT2D eigenvalue weighted by Gasteiger charge is -2.13. The molecule has 0 unspecified atom stereocenters. The average Bonchev–Trinajstić information content (AvgIpc) is 2.44. The van der Waals surface area contributed by atoms with Gasteiger partial charge in [-0.05, 0) is 18.1 Å². The predicted molar refractivity (Wildman–Crippen MR) is 72.9 cm³/mol. The van der Waals surface area contributed by atoms with Gasteiger partial charge in [-0.25, -0.2) is 4.79 Å². The van der Waals surface area contributed by atoms with E-state index in [9.17, 15) is 22.8 Å². The van der Waals surface area contributed by atoms with Crippen molar-refractivity contribution in [1.82, 2.24) is 5.32 Å². The average molecular weight is 335 g/mol. The van der Waals surface area contributed by atoms with Crippen molar-refractivity contribution in [1.29, 1.82) is 0 Å². The van der Waals surface area contributed by atoms with Gasteiger partial charge in [-0.15, -0.1) is 13.2 Å². The number of ether oxygens (including phenoxy) is 2. The van der Waals surface area contributed by atoms with E-state index in [0.717, 1.165) is 0 Å². The van der Waals surface area contributed by atoms with Crippen molar-refractivity contribution in [2.24, 2.45) is 0 Å². The van der Waals surface area contributed by atoms with Crippen LogP contribution in [-0.4, -0.2) is 43.1 Å². The highest BCUT2D eigenvalue weighted by Gasteiger charge is 2.31. The topological polar surface area (TPSA) is 84.9 Å². The Balaban J connectivity index is 2.37. The maximum absolute atomic E-state index is 12.3. The molecule has 0 saturated heterocycles. The number of hydrogen-bond acceptors (Lipinski definition) is 4. The van der Waals surface area contributed by atoms with Gasteiger partial charge in [-0.2, -0.15) is 0 Å². The number of amides is 1. The fourth-order valence-corrected chi connectivity index (χ4v) is 1.69. The molecular formula is C14H16F3NO5. The number of carbonyl (C=O) groups excluding carboxylic acids is 1. The molecule has 0 aromatic heterocycles. The summed E-state index contributed by atoms with van der Waals surface area (Å²) in [6, 6.07) is 5.59. The van der Waals surface area contributed by atoms with Crippen molar-refractivity contribution in [2.75, 3.05) is 19.8 Å². The third kappa shape index (κ3) is 8.67. The van der Waals surface area contributed by atoms with Crippen LogP contribution >= 0.6 is 0 Å². The SMILES string of the molecule is O=C(O)COCCNC(=O)CCc1ccccc1OC(F)(F)F. The normalized spacial score (nSPS) is 11.1. The first-order valence-corrected chi connectivity index (χ1v) is 6.68. The maximum atomic E-state index is 12.3. The summed E-state index contributed by atoms with van der Waals surface area (Å²) in [4.78, 5) is 21.7. The first kappa shape index (κ1) is 18.8. The van der Waals surface area contributed by atoms with Gasteiger partial charge < -0.3 is 19.9 Å². The number of hydrogen-bond donors (Lipinski definition) is 2. The van der Waals surface area contributed by atoms with Gasteiger partial charge in [0.25, 0.3) is 0 Å². The van der Waals surface area contributed by atoms with E-state index < -0.39 is 18.9 Å². The molecule has 0 aliphatic carbocycles. The van der Waals surface area contributed by atoms with Crippen LogP contribution in [0.1, 0.15) is 12.0 Å². The largest absolute Gasteiger partial charge is 0.573 e. The number of alkyl halides is 3. The van der Waals surface area contributed by atoms with Crippen LogP contribution in [0.2, 0.25) is 0 Å². The van der Waals surface area contributed by atoms with E-state index in [-0.39, 0.29) is 43.2 Å². The first-order valence-electron chi connectivity index (χ1n) is 6.68. The number of benzene rings is 1. The number of para-hydroxylation sites is 1. The minimum atomic E-state index is -4.79. The van der Waals surface area contributed by atoms with Crippen molar-refractivity contribution < 1.29 is 37.3 Å². The predicted octanol–water partition coefficient (Wildman–Crippen LogP) is 1.74. The van der Waals surface area contributed by atoms with E-state index in [0.29, 0.717) is 0 Å². The standard InChI is InChI=1S/C14H16F3NO5/c15-14(16,17)23-11-4-2-1-3-10(11)5-6-12(19)18-7-8-22-9-13(20)21/h1-4H,5-9H2,(H,18,19)(H,20,21). The highest BCUT2D eigenvalue weighted by atomic mass is 19.4. The van der Waals surface area contributed by atoms with E-state index in [1.165, 1.54) is 18.2 Å². The Labute approximate surface area is 130 Å². The molecule has 0 radical (unpaired) electrons. The Morgan fingerprint density at radius 2 is 1.91 bits per heavy atom. The molecule has 1 aromatic rings. The van der Waals surface area contributed by atoms with Gasteiger partial charge in [0.05, 0.1) is 6.61 Å². The molecule has 128 valence electrons. The van der Waals surface area contributed by atoms with E-state index in [1.807, 2.05) is 0 Å². The Bertz CT molecular complexity index is 533. The van der Waals surface area contributed by atoms with Gasteiger partial charge in [0, 0.05) is 13.0 Å². The zero-order valence-corrected chi connectivity index (χ0v) is 12.1. The monoisotopic (exact) mass is 335 g/mol. The van der Waals surface area contributed by atoms with Gasteiger partial charge in [0.1, 0.15) is 12.4 Å². The number of aryl methyl sites for hydroxylation is 1. The minimum Gasteiger partial charge on any atom is -0.480 e. The van der Waals surface area contributed by atoms with Crippen LogP contribution in [0.5, 0.6) is 5.75 Å². The number of halogens is 3. The number of aliphatic carboxylic acids is 1. The summed E-state index contributed by atoms with van der Waals surface area (Å²) in [5.41, 5.74) is 0.266. The van der Waals surface area contributed by atoms with Crippen LogP contribution in [0.15, 0.2) is 24.3 Å². The van der Waals surface area contributed by atoms with Crippen LogP contribution in [0.4, 0.5) is 13.2 Å². The number of carboxylic acid groups (broad SMARTS) is 1. The van der Waals surface area contributed by atoms with Crippen LogP contribution < -0.4 is 10.1 Å². The summed E-state index contributed by atoms with van der Waals surface area (Å²) in [6.07, 6.45) is -4.74. The summed E-state index contributed by atoms with van der Waals surface area (Å²) >= 11 is 0. The molecule has 0 heterocycles. The molecule has 0 aliphatic heterocycles. The van der Waals surface area contributed by atoms with Gasteiger partial charge in [-0.1, -0.05) is 18.2 Å². The van der Waals surface area contributed by atoms with Gasteiger partial charge in [0.15, 0.2) is 0 Å². The Morgan fingerprint density at radius 3 is 2.57 bits per heavy atom. The molecule has 0 saturated carbocycles. The molecule has 0 atom stereocenters. The zero-order valence-electron chi connectivity index (χ0n) is 12.1. The molecule has 1 amide bonds. The lowest BCUT2D eigenvalue weighted by atomic mass is 10.1. The van der Waals surface area contributed by atoms with Crippen molar-refractivity contribution >= 4 is 11.9 Å². The summed E-state index contributed by atoms with van der Waals surface area (Å²) in [7, 11) is 0. The Kier molecular flexibility index (Phi) is 7.33. The summed E-state index contributed by atoms with van der Waals surface area (Å²) < 4.78 is 45.4. The summed E-state index contributed by atoms with van der Waals surface area (Å²) in [5.74, 6) is -1.83. The molecule has 1 rings (SSSR count). The van der Waals surface area contributed by atoms with Crippen LogP contribution in [0.25, 0.3) is 0 Å². The minimum absolute atomic E-state index is 0.0306. The van der Waals surface area contributed by atoms with Crippen molar-refractivity contribution in [3.8, 4) is 5.75 Å². The number of nitrogens with one attached hydrogen (secondary N) is 1. The van der Waals surface area contributed by atoms with Gasteiger partial charge in [-0.3, -0.25) is 4.79 Å². The van der Waals surface area contributed by atoms with E-state index in [2.05, 4.69) is 10.1 Å². The summed E-state index contributed by atoms with van der Waals surface area (Å²) in [5, 5.41) is 10.8. The quantitative estimate of drug-likeness (QED) is 0.672. The number of carboxylic acids is 1. The molecule has 9 heteroatoms. The Morgan fingerprint density at radius 1 is 1.22 bits per heavy atom. The number of carbonyl (C=O) groups is 2. The molecule has 0 bridgehead atoms. The molecule has 0 aliphatic rings. The maximum Gasteiger partial charge on any atom is 0.573 e. The molecule has 0 fully saturated rings. The summed E-state index contributed by atoms with van der Waals surface area (Å²) in [6.45, 7) is -0.309. The van der Waals surface area contributed by atoms with Crippen LogP contribution in [0, 0.1) is 0 Å². The lowest BCUT2D eigenvalue weighted by Crippen LogP contribution is -2.28. The van der Waals surface area contributed by atoms with Crippen molar-refractivity contribution in [3.63, 3.8) is 0 Å².